The highest BCUT2D eigenvalue weighted by atomic mass is 16.5. The van der Waals surface area contributed by atoms with Gasteiger partial charge in [0.1, 0.15) is 17.3 Å². The molecule has 0 saturated heterocycles. The van der Waals surface area contributed by atoms with E-state index in [2.05, 4.69) is 10.9 Å². The molecule has 2 rings (SSSR count). The molecule has 1 aromatic heterocycles. The smallest absolute Gasteiger partial charge is 0.273 e. The number of nitrogens with one attached hydrogen (secondary N) is 2. The van der Waals surface area contributed by atoms with E-state index in [9.17, 15) is 9.59 Å². The van der Waals surface area contributed by atoms with Gasteiger partial charge in [-0.15, -0.1) is 0 Å². The topological polar surface area (TPSA) is 80.6 Å². The molecule has 1 heterocycles. The fraction of sp³-hybridized carbons (Fsp3) is 0.250. The number of methoxy groups -OCH3 is 1. The van der Waals surface area contributed by atoms with Crippen LogP contribution in [0.15, 0.2) is 34.7 Å². The third-order valence-corrected chi connectivity index (χ3v) is 3.10. The van der Waals surface area contributed by atoms with Crippen molar-refractivity contribution in [1.82, 2.24) is 10.9 Å². The normalized spacial score (nSPS) is 10.1. The number of hydrogen-bond donors (Lipinski definition) is 2. The second-order valence-electron chi connectivity index (χ2n) is 4.86. The molecule has 0 saturated carbocycles. The minimum absolute atomic E-state index is 0.140. The predicted molar refractivity (Wildman–Crippen MR) is 80.5 cm³/mol. The van der Waals surface area contributed by atoms with Crippen LogP contribution in [0.3, 0.4) is 0 Å². The van der Waals surface area contributed by atoms with Gasteiger partial charge in [0.15, 0.2) is 0 Å². The molecule has 6 nitrogen and oxygen atoms in total. The molecule has 0 spiro atoms. The molecular weight excluding hydrogens is 284 g/mol. The Morgan fingerprint density at radius 1 is 1.18 bits per heavy atom. The molecule has 0 aliphatic heterocycles. The number of ether oxygens (including phenoxy) is 1. The van der Waals surface area contributed by atoms with E-state index in [1.165, 1.54) is 0 Å². The summed E-state index contributed by atoms with van der Waals surface area (Å²) >= 11 is 0. The zero-order chi connectivity index (χ0) is 16.1. The van der Waals surface area contributed by atoms with Crippen LogP contribution in [0.25, 0.3) is 0 Å². The van der Waals surface area contributed by atoms with E-state index >= 15 is 0 Å². The Morgan fingerprint density at radius 2 is 1.95 bits per heavy atom. The van der Waals surface area contributed by atoms with E-state index in [0.29, 0.717) is 22.8 Å². The van der Waals surface area contributed by atoms with Gasteiger partial charge in [-0.3, -0.25) is 20.4 Å². The highest BCUT2D eigenvalue weighted by molar-refractivity contribution is 5.96. The number of hydrazine groups is 1. The Balaban J connectivity index is 1.90. The van der Waals surface area contributed by atoms with Crippen molar-refractivity contribution in [3.8, 4) is 5.75 Å². The SMILES string of the molecule is COc1cccc(CC(=O)NNC(=O)c2cc(C)oc2C)c1. The van der Waals surface area contributed by atoms with Gasteiger partial charge in [0, 0.05) is 0 Å². The Labute approximate surface area is 128 Å². The van der Waals surface area contributed by atoms with Gasteiger partial charge in [-0.2, -0.15) is 0 Å². The third-order valence-electron chi connectivity index (χ3n) is 3.10. The second kappa shape index (κ2) is 6.80. The van der Waals surface area contributed by atoms with Crippen molar-refractivity contribution < 1.29 is 18.7 Å². The fourth-order valence-corrected chi connectivity index (χ4v) is 2.06. The molecule has 2 N–H and O–H groups in total. The minimum atomic E-state index is -0.409. The maximum Gasteiger partial charge on any atom is 0.273 e. The number of hydrogen-bond acceptors (Lipinski definition) is 4. The molecule has 0 radical (unpaired) electrons. The van der Waals surface area contributed by atoms with E-state index in [0.717, 1.165) is 5.56 Å². The van der Waals surface area contributed by atoms with Crippen LogP contribution in [0, 0.1) is 13.8 Å². The first kappa shape index (κ1) is 15.6. The molecule has 0 aliphatic carbocycles. The van der Waals surface area contributed by atoms with E-state index in [4.69, 9.17) is 9.15 Å². The standard InChI is InChI=1S/C16H18N2O4/c1-10-7-14(11(2)22-10)16(20)18-17-15(19)9-12-5-4-6-13(8-12)21-3/h4-8H,9H2,1-3H3,(H,17,19)(H,18,20). The van der Waals surface area contributed by atoms with Crippen LogP contribution in [0.1, 0.15) is 27.4 Å². The summed E-state index contributed by atoms with van der Waals surface area (Å²) < 4.78 is 10.4. The van der Waals surface area contributed by atoms with Gasteiger partial charge < -0.3 is 9.15 Å². The summed E-state index contributed by atoms with van der Waals surface area (Å²) in [6.45, 7) is 3.45. The van der Waals surface area contributed by atoms with E-state index in [-0.39, 0.29) is 12.3 Å². The van der Waals surface area contributed by atoms with Crippen LogP contribution in [0.2, 0.25) is 0 Å². The Morgan fingerprint density at radius 3 is 2.59 bits per heavy atom. The van der Waals surface area contributed by atoms with Crippen LogP contribution in [-0.4, -0.2) is 18.9 Å². The summed E-state index contributed by atoms with van der Waals surface area (Å²) in [6.07, 6.45) is 0.140. The number of carbonyl (C=O) groups excluding carboxylic acids is 2. The van der Waals surface area contributed by atoms with Gasteiger partial charge in [-0.25, -0.2) is 0 Å². The number of amides is 2. The monoisotopic (exact) mass is 302 g/mol. The maximum absolute atomic E-state index is 11.9. The zero-order valence-corrected chi connectivity index (χ0v) is 12.7. The van der Waals surface area contributed by atoms with Gasteiger partial charge in [-0.05, 0) is 37.6 Å². The van der Waals surface area contributed by atoms with Crippen molar-refractivity contribution in [3.63, 3.8) is 0 Å². The van der Waals surface area contributed by atoms with Crippen LogP contribution < -0.4 is 15.6 Å². The van der Waals surface area contributed by atoms with E-state index in [1.54, 1.807) is 45.2 Å². The van der Waals surface area contributed by atoms with Crippen molar-refractivity contribution in [3.05, 3.63) is 53.0 Å². The lowest BCUT2D eigenvalue weighted by molar-refractivity contribution is -0.121. The summed E-state index contributed by atoms with van der Waals surface area (Å²) in [5.74, 6) is 1.11. The highest BCUT2D eigenvalue weighted by Crippen LogP contribution is 2.14. The van der Waals surface area contributed by atoms with Crippen molar-refractivity contribution >= 4 is 11.8 Å². The van der Waals surface area contributed by atoms with Crippen LogP contribution >= 0.6 is 0 Å². The number of aryl methyl sites for hydroxylation is 2. The molecule has 0 atom stereocenters. The van der Waals surface area contributed by atoms with Crippen LogP contribution in [0.5, 0.6) is 5.75 Å². The fourth-order valence-electron chi connectivity index (χ4n) is 2.06. The van der Waals surface area contributed by atoms with E-state index < -0.39 is 5.91 Å². The van der Waals surface area contributed by atoms with Gasteiger partial charge in [-0.1, -0.05) is 12.1 Å². The average Bonchev–Trinajstić information content (AvgIpc) is 2.83. The average molecular weight is 302 g/mol. The Hall–Kier alpha value is -2.76. The Bertz CT molecular complexity index is 691. The molecule has 2 aromatic rings. The minimum Gasteiger partial charge on any atom is -0.497 e. The summed E-state index contributed by atoms with van der Waals surface area (Å²) in [6, 6.07) is 8.81. The predicted octanol–water partition coefficient (Wildman–Crippen LogP) is 1.91. The molecule has 0 bridgehead atoms. The second-order valence-corrected chi connectivity index (χ2v) is 4.86. The van der Waals surface area contributed by atoms with Gasteiger partial charge in [0.2, 0.25) is 5.91 Å². The molecule has 22 heavy (non-hydrogen) atoms. The zero-order valence-electron chi connectivity index (χ0n) is 12.7. The Kier molecular flexibility index (Phi) is 4.83. The summed E-state index contributed by atoms with van der Waals surface area (Å²) in [5.41, 5.74) is 5.95. The van der Waals surface area contributed by atoms with Gasteiger partial charge >= 0.3 is 0 Å². The molecular formula is C16H18N2O4. The van der Waals surface area contributed by atoms with Crippen LogP contribution in [-0.2, 0) is 11.2 Å². The molecule has 0 aliphatic rings. The number of carbonyl (C=O) groups is 2. The van der Waals surface area contributed by atoms with Crippen molar-refractivity contribution in [2.75, 3.05) is 7.11 Å². The molecule has 1 aromatic carbocycles. The van der Waals surface area contributed by atoms with Crippen LogP contribution in [0.4, 0.5) is 0 Å². The molecule has 116 valence electrons. The summed E-state index contributed by atoms with van der Waals surface area (Å²) in [5, 5.41) is 0. The first-order valence-electron chi connectivity index (χ1n) is 6.78. The lowest BCUT2D eigenvalue weighted by atomic mass is 10.1. The van der Waals surface area contributed by atoms with Gasteiger partial charge in [0.05, 0.1) is 19.1 Å². The molecule has 2 amide bonds. The third kappa shape index (κ3) is 3.88. The number of benzene rings is 1. The molecule has 0 fully saturated rings. The number of furan rings is 1. The molecule has 6 heteroatoms. The quantitative estimate of drug-likeness (QED) is 0.845. The van der Waals surface area contributed by atoms with E-state index in [1.807, 2.05) is 6.07 Å². The molecule has 0 unspecified atom stereocenters. The van der Waals surface area contributed by atoms with Crippen molar-refractivity contribution in [2.45, 2.75) is 20.3 Å². The lowest BCUT2D eigenvalue weighted by Gasteiger charge is -2.07. The summed E-state index contributed by atoms with van der Waals surface area (Å²) in [4.78, 5) is 23.8. The maximum atomic E-state index is 11.9. The van der Waals surface area contributed by atoms with Crippen molar-refractivity contribution in [1.29, 1.82) is 0 Å². The first-order valence-corrected chi connectivity index (χ1v) is 6.78. The largest absolute Gasteiger partial charge is 0.497 e. The summed E-state index contributed by atoms with van der Waals surface area (Å²) in [7, 11) is 1.56. The number of rotatable bonds is 4. The lowest BCUT2D eigenvalue weighted by Crippen LogP contribution is -2.42. The van der Waals surface area contributed by atoms with Crippen molar-refractivity contribution in [2.24, 2.45) is 0 Å². The highest BCUT2D eigenvalue weighted by Gasteiger charge is 2.14. The first-order chi connectivity index (χ1) is 10.5. The van der Waals surface area contributed by atoms with Gasteiger partial charge in [0.25, 0.3) is 5.91 Å².